The Balaban J connectivity index is 3.85. The van der Waals surface area contributed by atoms with Crippen molar-refractivity contribution in [2.45, 2.75) is 33.8 Å². The first-order valence-corrected chi connectivity index (χ1v) is 3.81. The van der Waals surface area contributed by atoms with Gasteiger partial charge in [-0.1, -0.05) is 20.4 Å². The summed E-state index contributed by atoms with van der Waals surface area (Å²) < 4.78 is 5.03. The summed E-state index contributed by atoms with van der Waals surface area (Å²) in [5, 5.41) is 0. The second-order valence-electron chi connectivity index (χ2n) is 3.13. The predicted molar refractivity (Wildman–Crippen MR) is 45.2 cm³/mol. The van der Waals surface area contributed by atoms with Crippen LogP contribution in [0.4, 0.5) is 0 Å². The van der Waals surface area contributed by atoms with Crippen LogP contribution < -0.4 is 0 Å². The van der Waals surface area contributed by atoms with Gasteiger partial charge in [0, 0.05) is 5.57 Å². The second kappa shape index (κ2) is 4.16. The average Bonchev–Trinajstić information content (AvgIpc) is 1.87. The molecule has 64 valence electrons. The van der Waals surface area contributed by atoms with Crippen LogP contribution in [-0.2, 0) is 9.53 Å². The Kier molecular flexibility index (Phi) is 3.86. The van der Waals surface area contributed by atoms with Crippen LogP contribution in [0.15, 0.2) is 12.2 Å². The number of carbonyl (C=O) groups is 1. The third kappa shape index (κ3) is 3.81. The molecule has 0 radical (unpaired) electrons. The van der Waals surface area contributed by atoms with E-state index in [0.29, 0.717) is 11.5 Å². The van der Waals surface area contributed by atoms with E-state index in [2.05, 4.69) is 6.58 Å². The SMILES string of the molecule is C=C(C)C(=O)OC(C)C(C)C. The molecular weight excluding hydrogens is 140 g/mol. The van der Waals surface area contributed by atoms with E-state index in [-0.39, 0.29) is 12.1 Å². The van der Waals surface area contributed by atoms with Crippen molar-refractivity contribution in [3.8, 4) is 0 Å². The van der Waals surface area contributed by atoms with E-state index in [1.807, 2.05) is 20.8 Å². The molecule has 0 amide bonds. The summed E-state index contributed by atoms with van der Waals surface area (Å²) in [6.45, 7) is 11.0. The third-order valence-corrected chi connectivity index (χ3v) is 1.58. The zero-order valence-electron chi connectivity index (χ0n) is 7.68. The average molecular weight is 156 g/mol. The van der Waals surface area contributed by atoms with Crippen LogP contribution in [0.3, 0.4) is 0 Å². The van der Waals surface area contributed by atoms with Gasteiger partial charge >= 0.3 is 5.97 Å². The van der Waals surface area contributed by atoms with E-state index in [9.17, 15) is 4.79 Å². The highest BCUT2D eigenvalue weighted by Crippen LogP contribution is 2.07. The first kappa shape index (κ1) is 10.2. The lowest BCUT2D eigenvalue weighted by Crippen LogP contribution is -2.20. The normalized spacial score (nSPS) is 12.8. The minimum Gasteiger partial charge on any atom is -0.459 e. The van der Waals surface area contributed by atoms with Crippen molar-refractivity contribution in [1.29, 1.82) is 0 Å². The van der Waals surface area contributed by atoms with Crippen LogP contribution in [0.1, 0.15) is 27.7 Å². The lowest BCUT2D eigenvalue weighted by Gasteiger charge is -2.16. The molecule has 0 aliphatic heterocycles. The van der Waals surface area contributed by atoms with Gasteiger partial charge in [-0.3, -0.25) is 0 Å². The maximum atomic E-state index is 10.9. The van der Waals surface area contributed by atoms with Gasteiger partial charge in [-0.15, -0.1) is 0 Å². The zero-order valence-corrected chi connectivity index (χ0v) is 7.68. The van der Waals surface area contributed by atoms with Crippen molar-refractivity contribution < 1.29 is 9.53 Å². The van der Waals surface area contributed by atoms with Gasteiger partial charge in [0.25, 0.3) is 0 Å². The molecule has 11 heavy (non-hydrogen) atoms. The number of hydrogen-bond donors (Lipinski definition) is 0. The van der Waals surface area contributed by atoms with Crippen molar-refractivity contribution in [3.63, 3.8) is 0 Å². The monoisotopic (exact) mass is 156 g/mol. The van der Waals surface area contributed by atoms with Crippen LogP contribution in [-0.4, -0.2) is 12.1 Å². The summed E-state index contributed by atoms with van der Waals surface area (Å²) in [5.74, 6) is 0.0597. The van der Waals surface area contributed by atoms with E-state index in [0.717, 1.165) is 0 Å². The van der Waals surface area contributed by atoms with E-state index in [1.165, 1.54) is 0 Å². The molecule has 0 aromatic rings. The topological polar surface area (TPSA) is 26.3 Å². The van der Waals surface area contributed by atoms with Gasteiger partial charge in [-0.25, -0.2) is 4.79 Å². The van der Waals surface area contributed by atoms with E-state index in [1.54, 1.807) is 6.92 Å². The Hall–Kier alpha value is -0.790. The molecule has 2 nitrogen and oxygen atoms in total. The molecule has 0 fully saturated rings. The zero-order chi connectivity index (χ0) is 9.02. The van der Waals surface area contributed by atoms with Crippen LogP contribution >= 0.6 is 0 Å². The number of carbonyl (C=O) groups excluding carboxylic acids is 1. The molecule has 0 aromatic heterocycles. The highest BCUT2D eigenvalue weighted by atomic mass is 16.5. The summed E-state index contributed by atoms with van der Waals surface area (Å²) >= 11 is 0. The van der Waals surface area contributed by atoms with Crippen molar-refractivity contribution in [2.24, 2.45) is 5.92 Å². The van der Waals surface area contributed by atoms with Crippen LogP contribution in [0, 0.1) is 5.92 Å². The second-order valence-corrected chi connectivity index (χ2v) is 3.13. The van der Waals surface area contributed by atoms with Gasteiger partial charge in [-0.2, -0.15) is 0 Å². The number of hydrogen-bond acceptors (Lipinski definition) is 2. The number of esters is 1. The smallest absolute Gasteiger partial charge is 0.333 e. The quantitative estimate of drug-likeness (QED) is 0.462. The van der Waals surface area contributed by atoms with E-state index in [4.69, 9.17) is 4.74 Å². The fourth-order valence-corrected chi connectivity index (χ4v) is 0.406. The lowest BCUT2D eigenvalue weighted by atomic mass is 10.1. The standard InChI is InChI=1S/C9H16O2/c1-6(2)8(5)11-9(10)7(3)4/h6,8H,3H2,1-2,4-5H3. The molecule has 0 N–H and O–H groups in total. The fourth-order valence-electron chi connectivity index (χ4n) is 0.406. The molecule has 1 unspecified atom stereocenters. The minimum atomic E-state index is -0.300. The molecule has 0 spiro atoms. The van der Waals surface area contributed by atoms with Gasteiger partial charge in [0.2, 0.25) is 0 Å². The third-order valence-electron chi connectivity index (χ3n) is 1.58. The molecule has 0 aromatic carbocycles. The number of ether oxygens (including phenoxy) is 1. The largest absolute Gasteiger partial charge is 0.459 e. The molecular formula is C9H16O2. The molecule has 0 rings (SSSR count). The highest BCUT2D eigenvalue weighted by Gasteiger charge is 2.12. The Morgan fingerprint density at radius 2 is 1.82 bits per heavy atom. The fraction of sp³-hybridized carbons (Fsp3) is 0.667. The first-order chi connectivity index (χ1) is 4.95. The van der Waals surface area contributed by atoms with Crippen LogP contribution in [0.5, 0.6) is 0 Å². The molecule has 0 saturated heterocycles. The summed E-state index contributed by atoms with van der Waals surface area (Å²) in [5.41, 5.74) is 0.456. The summed E-state index contributed by atoms with van der Waals surface area (Å²) in [7, 11) is 0. The predicted octanol–water partition coefficient (Wildman–Crippen LogP) is 2.15. The van der Waals surface area contributed by atoms with Crippen molar-refractivity contribution in [1.82, 2.24) is 0 Å². The molecule has 0 aliphatic rings. The molecule has 0 bridgehead atoms. The van der Waals surface area contributed by atoms with Crippen LogP contribution in [0.25, 0.3) is 0 Å². The lowest BCUT2D eigenvalue weighted by molar-refractivity contribution is -0.145. The van der Waals surface area contributed by atoms with Gasteiger partial charge in [-0.05, 0) is 19.8 Å². The molecule has 0 aliphatic carbocycles. The Bertz CT molecular complexity index is 159. The van der Waals surface area contributed by atoms with Crippen molar-refractivity contribution in [2.75, 3.05) is 0 Å². The first-order valence-electron chi connectivity index (χ1n) is 3.81. The van der Waals surface area contributed by atoms with Gasteiger partial charge < -0.3 is 4.74 Å². The number of rotatable bonds is 3. The maximum absolute atomic E-state index is 10.9. The maximum Gasteiger partial charge on any atom is 0.333 e. The minimum absolute atomic E-state index is 0.0285. The summed E-state index contributed by atoms with van der Waals surface area (Å²) in [4.78, 5) is 10.9. The van der Waals surface area contributed by atoms with Gasteiger partial charge in [0.05, 0.1) is 0 Å². The van der Waals surface area contributed by atoms with Crippen molar-refractivity contribution in [3.05, 3.63) is 12.2 Å². The Morgan fingerprint density at radius 1 is 1.36 bits per heavy atom. The van der Waals surface area contributed by atoms with Crippen LogP contribution in [0.2, 0.25) is 0 Å². The molecule has 0 heterocycles. The molecule has 1 atom stereocenters. The molecule has 2 heteroatoms. The highest BCUT2D eigenvalue weighted by molar-refractivity contribution is 5.87. The Labute approximate surface area is 68.2 Å². The Morgan fingerprint density at radius 3 is 2.09 bits per heavy atom. The van der Waals surface area contributed by atoms with E-state index < -0.39 is 0 Å². The summed E-state index contributed by atoms with van der Waals surface area (Å²) in [6, 6.07) is 0. The molecule has 0 saturated carbocycles. The van der Waals surface area contributed by atoms with E-state index >= 15 is 0 Å². The van der Waals surface area contributed by atoms with Gasteiger partial charge in [0.1, 0.15) is 6.10 Å². The summed E-state index contributed by atoms with van der Waals surface area (Å²) in [6.07, 6.45) is -0.0285. The van der Waals surface area contributed by atoms with Gasteiger partial charge in [0.15, 0.2) is 0 Å². The van der Waals surface area contributed by atoms with Crippen molar-refractivity contribution >= 4 is 5.97 Å².